The van der Waals surface area contributed by atoms with Gasteiger partial charge in [-0.3, -0.25) is 9.69 Å². The summed E-state index contributed by atoms with van der Waals surface area (Å²) in [5.41, 5.74) is 2.20. The van der Waals surface area contributed by atoms with Gasteiger partial charge in [-0.2, -0.15) is 0 Å². The predicted octanol–water partition coefficient (Wildman–Crippen LogP) is 3.38. The smallest absolute Gasteiger partial charge is 0.179 e. The average Bonchev–Trinajstić information content (AvgIpc) is 2.94. The maximum Gasteiger partial charge on any atom is 0.179 e. The zero-order valence-electron chi connectivity index (χ0n) is 11.0. The van der Waals surface area contributed by atoms with Gasteiger partial charge >= 0.3 is 0 Å². The minimum absolute atomic E-state index is 0.0459. The molecule has 1 atom stereocenters. The van der Waals surface area contributed by atoms with Crippen molar-refractivity contribution in [3.63, 3.8) is 0 Å². The topological polar surface area (TPSA) is 20.3 Å². The quantitative estimate of drug-likeness (QED) is 0.798. The summed E-state index contributed by atoms with van der Waals surface area (Å²) in [7, 11) is 0. The third-order valence-corrected chi connectivity index (χ3v) is 4.85. The fraction of sp³-hybridized carbons (Fsp3) is 0.312. The van der Waals surface area contributed by atoms with Gasteiger partial charge in [-0.1, -0.05) is 30.3 Å². The second-order valence-electron chi connectivity index (χ2n) is 5.00. The summed E-state index contributed by atoms with van der Waals surface area (Å²) in [5.74, 6) is 0.222. The molecule has 0 N–H and O–H groups in total. The van der Waals surface area contributed by atoms with Crippen LogP contribution in [0, 0.1) is 0 Å². The molecule has 98 valence electrons. The number of benzene rings is 1. The Morgan fingerprint density at radius 1 is 1.26 bits per heavy atom. The van der Waals surface area contributed by atoms with E-state index in [1.807, 2.05) is 48.6 Å². The normalized spacial score (nSPS) is 16.9. The van der Waals surface area contributed by atoms with E-state index in [9.17, 15) is 4.79 Å². The summed E-state index contributed by atoms with van der Waals surface area (Å²) < 4.78 is 0. The highest BCUT2D eigenvalue weighted by atomic mass is 32.1. The molecule has 3 rings (SSSR count). The fourth-order valence-corrected chi connectivity index (χ4v) is 3.50. The lowest BCUT2D eigenvalue weighted by Gasteiger charge is -2.31. The molecule has 0 aliphatic carbocycles. The minimum Gasteiger partial charge on any atom is -0.292 e. The number of hydrogen-bond acceptors (Lipinski definition) is 3. The maximum absolute atomic E-state index is 12.5. The van der Waals surface area contributed by atoms with Crippen molar-refractivity contribution in [2.45, 2.75) is 25.9 Å². The van der Waals surface area contributed by atoms with Gasteiger partial charge in [-0.15, -0.1) is 11.3 Å². The molecule has 0 amide bonds. The van der Waals surface area contributed by atoms with Crippen molar-refractivity contribution >= 4 is 17.1 Å². The van der Waals surface area contributed by atoms with Crippen LogP contribution in [0.3, 0.4) is 0 Å². The number of nitrogens with zero attached hydrogens (tertiary/aromatic N) is 1. The number of carbonyl (C=O) groups is 1. The molecule has 1 aromatic heterocycles. The van der Waals surface area contributed by atoms with Crippen LogP contribution in [0.4, 0.5) is 0 Å². The molecule has 2 nitrogen and oxygen atoms in total. The van der Waals surface area contributed by atoms with Crippen LogP contribution in [0.15, 0.2) is 41.8 Å². The standard InChI is InChI=1S/C16H17NOS/c1-12(16(18)13-5-3-2-4-6-13)17-9-7-15-14(11-17)8-10-19-15/h2-6,8,10,12H,7,9,11H2,1H3. The Morgan fingerprint density at radius 3 is 2.84 bits per heavy atom. The second kappa shape index (κ2) is 5.27. The Labute approximate surface area is 117 Å². The number of ketones is 1. The van der Waals surface area contributed by atoms with Crippen LogP contribution in [-0.4, -0.2) is 23.3 Å². The van der Waals surface area contributed by atoms with Crippen molar-refractivity contribution < 1.29 is 4.79 Å². The van der Waals surface area contributed by atoms with E-state index in [1.165, 1.54) is 10.4 Å². The van der Waals surface area contributed by atoms with Crippen molar-refractivity contribution in [2.75, 3.05) is 6.54 Å². The number of thiophene rings is 1. The minimum atomic E-state index is -0.0459. The lowest BCUT2D eigenvalue weighted by atomic mass is 10.0. The summed E-state index contributed by atoms with van der Waals surface area (Å²) >= 11 is 1.83. The first kappa shape index (κ1) is 12.6. The van der Waals surface area contributed by atoms with Crippen LogP contribution in [-0.2, 0) is 13.0 Å². The largest absolute Gasteiger partial charge is 0.292 e. The van der Waals surface area contributed by atoms with Gasteiger partial charge < -0.3 is 0 Å². The molecule has 0 radical (unpaired) electrons. The molecule has 1 aromatic carbocycles. The van der Waals surface area contributed by atoms with Crippen molar-refractivity contribution in [1.29, 1.82) is 0 Å². The molecule has 1 unspecified atom stereocenters. The molecule has 0 saturated carbocycles. The van der Waals surface area contributed by atoms with Crippen molar-refractivity contribution in [3.8, 4) is 0 Å². The van der Waals surface area contributed by atoms with Crippen LogP contribution in [0.5, 0.6) is 0 Å². The zero-order chi connectivity index (χ0) is 13.2. The second-order valence-corrected chi connectivity index (χ2v) is 6.00. The number of rotatable bonds is 3. The Kier molecular flexibility index (Phi) is 3.49. The molecule has 3 heteroatoms. The molecule has 1 aliphatic heterocycles. The lowest BCUT2D eigenvalue weighted by molar-refractivity contribution is 0.0821. The highest BCUT2D eigenvalue weighted by Crippen LogP contribution is 2.25. The van der Waals surface area contributed by atoms with Gasteiger partial charge in [0.1, 0.15) is 0 Å². The number of hydrogen-bond donors (Lipinski definition) is 0. The number of carbonyl (C=O) groups excluding carboxylic acids is 1. The van der Waals surface area contributed by atoms with E-state index in [1.54, 1.807) is 0 Å². The van der Waals surface area contributed by atoms with Gasteiger partial charge in [0.15, 0.2) is 5.78 Å². The molecule has 0 spiro atoms. The molecular weight excluding hydrogens is 254 g/mol. The number of Topliss-reactive ketones (excluding diaryl/α,β-unsaturated/α-hetero) is 1. The fourth-order valence-electron chi connectivity index (χ4n) is 2.61. The summed E-state index contributed by atoms with van der Waals surface area (Å²) in [6.07, 6.45) is 1.07. The Balaban J connectivity index is 1.75. The lowest BCUT2D eigenvalue weighted by Crippen LogP contribution is -2.41. The van der Waals surface area contributed by atoms with Gasteiger partial charge in [0.2, 0.25) is 0 Å². The summed E-state index contributed by atoms with van der Waals surface area (Å²) in [6.45, 7) is 3.90. The molecule has 19 heavy (non-hydrogen) atoms. The van der Waals surface area contributed by atoms with Crippen molar-refractivity contribution in [1.82, 2.24) is 4.90 Å². The first-order valence-electron chi connectivity index (χ1n) is 6.64. The molecule has 2 aromatic rings. The van der Waals surface area contributed by atoms with Crippen LogP contribution in [0.25, 0.3) is 0 Å². The maximum atomic E-state index is 12.5. The Morgan fingerprint density at radius 2 is 2.05 bits per heavy atom. The van der Waals surface area contributed by atoms with Crippen LogP contribution >= 0.6 is 11.3 Å². The van der Waals surface area contributed by atoms with Gasteiger partial charge in [-0.05, 0) is 30.4 Å². The Hall–Kier alpha value is -1.45. The third-order valence-electron chi connectivity index (χ3n) is 3.82. The molecule has 0 fully saturated rings. The summed E-state index contributed by atoms with van der Waals surface area (Å²) in [6, 6.07) is 11.7. The van der Waals surface area contributed by atoms with E-state index >= 15 is 0 Å². The van der Waals surface area contributed by atoms with Gasteiger partial charge in [-0.25, -0.2) is 0 Å². The van der Waals surface area contributed by atoms with Crippen LogP contribution < -0.4 is 0 Å². The molecule has 2 heterocycles. The molecule has 0 bridgehead atoms. The highest BCUT2D eigenvalue weighted by molar-refractivity contribution is 7.10. The summed E-state index contributed by atoms with van der Waals surface area (Å²) in [5, 5.41) is 2.15. The Bertz CT molecular complexity index is 575. The zero-order valence-corrected chi connectivity index (χ0v) is 11.8. The van der Waals surface area contributed by atoms with E-state index in [2.05, 4.69) is 16.3 Å². The van der Waals surface area contributed by atoms with Gasteiger partial charge in [0.05, 0.1) is 6.04 Å². The van der Waals surface area contributed by atoms with Crippen molar-refractivity contribution in [3.05, 3.63) is 57.8 Å². The van der Waals surface area contributed by atoms with E-state index in [0.29, 0.717) is 0 Å². The van der Waals surface area contributed by atoms with E-state index < -0.39 is 0 Å². The number of fused-ring (bicyclic) bond motifs is 1. The van der Waals surface area contributed by atoms with E-state index in [0.717, 1.165) is 25.1 Å². The van der Waals surface area contributed by atoms with Gasteiger partial charge in [0.25, 0.3) is 0 Å². The summed E-state index contributed by atoms with van der Waals surface area (Å²) in [4.78, 5) is 16.2. The van der Waals surface area contributed by atoms with Crippen LogP contribution in [0.2, 0.25) is 0 Å². The average molecular weight is 271 g/mol. The highest BCUT2D eigenvalue weighted by Gasteiger charge is 2.26. The molecule has 0 saturated heterocycles. The monoisotopic (exact) mass is 271 g/mol. The van der Waals surface area contributed by atoms with Gasteiger partial charge in [0, 0.05) is 23.5 Å². The first-order chi connectivity index (χ1) is 9.25. The van der Waals surface area contributed by atoms with E-state index in [4.69, 9.17) is 0 Å². The first-order valence-corrected chi connectivity index (χ1v) is 7.52. The van der Waals surface area contributed by atoms with Crippen LogP contribution in [0.1, 0.15) is 27.7 Å². The van der Waals surface area contributed by atoms with Crippen molar-refractivity contribution in [2.24, 2.45) is 0 Å². The molecule has 1 aliphatic rings. The van der Waals surface area contributed by atoms with E-state index in [-0.39, 0.29) is 11.8 Å². The molecular formula is C16H17NOS. The SMILES string of the molecule is CC(C(=O)c1ccccc1)N1CCc2sccc2C1. The predicted molar refractivity (Wildman–Crippen MR) is 78.7 cm³/mol. The third kappa shape index (κ3) is 2.48.